The van der Waals surface area contributed by atoms with Gasteiger partial charge in [-0.25, -0.2) is 4.98 Å². The normalized spacial score (nSPS) is 14.4. The molecule has 7 heteroatoms. The third-order valence-electron chi connectivity index (χ3n) is 7.18. The van der Waals surface area contributed by atoms with Crippen molar-refractivity contribution in [3.05, 3.63) is 79.4 Å². The van der Waals surface area contributed by atoms with Crippen molar-refractivity contribution in [2.45, 2.75) is 38.2 Å². The lowest BCUT2D eigenvalue weighted by Gasteiger charge is -2.22. The number of aromatic amines is 2. The van der Waals surface area contributed by atoms with Crippen LogP contribution in [0.25, 0.3) is 55.7 Å². The molecule has 7 nitrogen and oxygen atoms in total. The average molecular weight is 487 g/mol. The fraction of sp³-hybridized carbons (Fsp3) is 0.200. The van der Waals surface area contributed by atoms with E-state index in [4.69, 9.17) is 9.72 Å². The van der Waals surface area contributed by atoms with E-state index in [1.54, 1.807) is 6.20 Å². The molecule has 1 aliphatic carbocycles. The number of nitrogens with one attached hydrogen (secondary N) is 2. The SMILES string of the molecule is c1cc(-c2ccncc2)c2cc(-c3n[nH]c4ccc(-c5cncc(OC6CCCCC6)c5)nc34)[nH]c2c1. The summed E-state index contributed by atoms with van der Waals surface area (Å²) in [5.41, 5.74) is 8.49. The standard InChI is InChI=1S/C30H26N6O/c1-2-5-21(6-3-1)37-22-15-20(17-32-18-22)25-9-10-27-29(34-25)30(36-35-27)28-16-24-23(7-4-8-26(24)33-28)19-11-13-31-14-12-19/h4,7-18,21,33H,1-3,5-6H2,(H,35,36). The van der Waals surface area contributed by atoms with Gasteiger partial charge in [0.1, 0.15) is 17.0 Å². The third kappa shape index (κ3) is 4.12. The van der Waals surface area contributed by atoms with Crippen molar-refractivity contribution in [1.29, 1.82) is 0 Å². The molecule has 0 unspecified atom stereocenters. The fourth-order valence-electron chi connectivity index (χ4n) is 5.31. The molecule has 0 spiro atoms. The van der Waals surface area contributed by atoms with Gasteiger partial charge in [0, 0.05) is 35.1 Å². The van der Waals surface area contributed by atoms with E-state index in [1.165, 1.54) is 19.3 Å². The number of pyridine rings is 3. The van der Waals surface area contributed by atoms with Gasteiger partial charge in [0.2, 0.25) is 0 Å². The molecule has 6 aromatic rings. The first kappa shape index (κ1) is 21.7. The lowest BCUT2D eigenvalue weighted by atomic mass is 9.98. The minimum atomic E-state index is 0.278. The van der Waals surface area contributed by atoms with Crippen LogP contribution in [0.15, 0.2) is 79.4 Å². The number of ether oxygens (including phenoxy) is 1. The molecular formula is C30H26N6O. The summed E-state index contributed by atoms with van der Waals surface area (Å²) in [6.07, 6.45) is 13.5. The predicted octanol–water partition coefficient (Wildman–Crippen LogP) is 6.94. The topological polar surface area (TPSA) is 92.4 Å². The Balaban J connectivity index is 1.26. The number of nitrogens with zero attached hydrogens (tertiary/aromatic N) is 4. The summed E-state index contributed by atoms with van der Waals surface area (Å²) in [6, 6.07) is 18.5. The van der Waals surface area contributed by atoms with E-state index in [9.17, 15) is 0 Å². The number of aromatic nitrogens is 6. The van der Waals surface area contributed by atoms with Gasteiger partial charge in [0.25, 0.3) is 0 Å². The van der Waals surface area contributed by atoms with Crippen LogP contribution in [0.3, 0.4) is 0 Å². The Labute approximate surface area is 214 Å². The number of rotatable bonds is 5. The highest BCUT2D eigenvalue weighted by Gasteiger charge is 2.17. The number of hydrogen-bond acceptors (Lipinski definition) is 5. The zero-order valence-electron chi connectivity index (χ0n) is 20.3. The highest BCUT2D eigenvalue weighted by molar-refractivity contribution is 6.00. The van der Waals surface area contributed by atoms with Crippen molar-refractivity contribution in [3.8, 4) is 39.5 Å². The van der Waals surface area contributed by atoms with Crippen molar-refractivity contribution in [1.82, 2.24) is 30.1 Å². The molecule has 37 heavy (non-hydrogen) atoms. The number of hydrogen-bond donors (Lipinski definition) is 2. The van der Waals surface area contributed by atoms with Crippen LogP contribution in [0.4, 0.5) is 0 Å². The molecule has 1 aromatic carbocycles. The van der Waals surface area contributed by atoms with E-state index in [-0.39, 0.29) is 6.10 Å². The molecule has 0 bridgehead atoms. The number of benzene rings is 1. The minimum Gasteiger partial charge on any atom is -0.489 e. The van der Waals surface area contributed by atoms with Crippen molar-refractivity contribution in [2.75, 3.05) is 0 Å². The highest BCUT2D eigenvalue weighted by atomic mass is 16.5. The van der Waals surface area contributed by atoms with Crippen molar-refractivity contribution >= 4 is 21.9 Å². The maximum Gasteiger partial charge on any atom is 0.138 e. The van der Waals surface area contributed by atoms with Gasteiger partial charge < -0.3 is 9.72 Å². The summed E-state index contributed by atoms with van der Waals surface area (Å²) >= 11 is 0. The van der Waals surface area contributed by atoms with E-state index in [1.807, 2.05) is 48.9 Å². The molecule has 1 aliphatic rings. The average Bonchev–Trinajstić information content (AvgIpc) is 3.58. The van der Waals surface area contributed by atoms with Crippen LogP contribution >= 0.6 is 0 Å². The molecule has 1 saturated carbocycles. The Kier molecular flexibility index (Phi) is 5.39. The molecule has 0 aliphatic heterocycles. The Morgan fingerprint density at radius 3 is 2.59 bits per heavy atom. The van der Waals surface area contributed by atoms with Crippen LogP contribution in [-0.4, -0.2) is 36.2 Å². The van der Waals surface area contributed by atoms with E-state index < -0.39 is 0 Å². The van der Waals surface area contributed by atoms with Gasteiger partial charge in [-0.2, -0.15) is 5.10 Å². The van der Waals surface area contributed by atoms with E-state index in [2.05, 4.69) is 49.4 Å². The quantitative estimate of drug-likeness (QED) is 0.275. The molecule has 1 fully saturated rings. The van der Waals surface area contributed by atoms with Crippen molar-refractivity contribution in [3.63, 3.8) is 0 Å². The first-order chi connectivity index (χ1) is 18.3. The summed E-state index contributed by atoms with van der Waals surface area (Å²) in [4.78, 5) is 17.1. The predicted molar refractivity (Wildman–Crippen MR) is 145 cm³/mol. The Hall–Kier alpha value is -4.52. The van der Waals surface area contributed by atoms with Gasteiger partial charge in [-0.15, -0.1) is 0 Å². The molecule has 182 valence electrons. The van der Waals surface area contributed by atoms with Gasteiger partial charge in [0.05, 0.1) is 29.2 Å². The van der Waals surface area contributed by atoms with Crippen LogP contribution in [0.1, 0.15) is 32.1 Å². The Morgan fingerprint density at radius 2 is 1.70 bits per heavy atom. The largest absolute Gasteiger partial charge is 0.489 e. The van der Waals surface area contributed by atoms with Crippen LogP contribution in [0.2, 0.25) is 0 Å². The molecular weight excluding hydrogens is 460 g/mol. The minimum absolute atomic E-state index is 0.278. The van der Waals surface area contributed by atoms with E-state index >= 15 is 0 Å². The first-order valence-electron chi connectivity index (χ1n) is 12.8. The summed E-state index contributed by atoms with van der Waals surface area (Å²) in [7, 11) is 0. The summed E-state index contributed by atoms with van der Waals surface area (Å²) in [6.45, 7) is 0. The smallest absolute Gasteiger partial charge is 0.138 e. The zero-order valence-corrected chi connectivity index (χ0v) is 20.3. The van der Waals surface area contributed by atoms with E-state index in [0.717, 1.165) is 74.3 Å². The molecule has 0 saturated heterocycles. The van der Waals surface area contributed by atoms with Gasteiger partial charge >= 0.3 is 0 Å². The first-order valence-corrected chi connectivity index (χ1v) is 12.8. The summed E-state index contributed by atoms with van der Waals surface area (Å²) in [5, 5.41) is 8.90. The van der Waals surface area contributed by atoms with E-state index in [0.29, 0.717) is 0 Å². The molecule has 7 rings (SSSR count). The molecule has 0 atom stereocenters. The second-order valence-corrected chi connectivity index (χ2v) is 9.64. The second-order valence-electron chi connectivity index (χ2n) is 9.64. The van der Waals surface area contributed by atoms with Crippen molar-refractivity contribution < 1.29 is 4.74 Å². The lowest BCUT2D eigenvalue weighted by molar-refractivity contribution is 0.154. The van der Waals surface area contributed by atoms with Gasteiger partial charge in [-0.1, -0.05) is 18.6 Å². The maximum absolute atomic E-state index is 6.25. The summed E-state index contributed by atoms with van der Waals surface area (Å²) < 4.78 is 6.25. The molecule has 0 amide bonds. The second kappa shape index (κ2) is 9.17. The Bertz CT molecular complexity index is 1700. The fourth-order valence-corrected chi connectivity index (χ4v) is 5.31. The summed E-state index contributed by atoms with van der Waals surface area (Å²) in [5.74, 6) is 0.804. The number of H-pyrrole nitrogens is 2. The van der Waals surface area contributed by atoms with Gasteiger partial charge in [-0.05, 0) is 79.3 Å². The Morgan fingerprint density at radius 1 is 0.811 bits per heavy atom. The highest BCUT2D eigenvalue weighted by Crippen LogP contribution is 2.34. The van der Waals surface area contributed by atoms with Crippen LogP contribution in [0.5, 0.6) is 5.75 Å². The monoisotopic (exact) mass is 486 g/mol. The zero-order chi connectivity index (χ0) is 24.6. The lowest BCUT2D eigenvalue weighted by Crippen LogP contribution is -2.19. The molecule has 2 N–H and O–H groups in total. The van der Waals surface area contributed by atoms with Crippen LogP contribution in [-0.2, 0) is 0 Å². The van der Waals surface area contributed by atoms with Crippen LogP contribution in [0, 0.1) is 0 Å². The van der Waals surface area contributed by atoms with Gasteiger partial charge in [-0.3, -0.25) is 15.1 Å². The van der Waals surface area contributed by atoms with Crippen LogP contribution < -0.4 is 4.74 Å². The van der Waals surface area contributed by atoms with Gasteiger partial charge in [0.15, 0.2) is 0 Å². The third-order valence-corrected chi connectivity index (χ3v) is 7.18. The molecule has 5 aromatic heterocycles. The number of fused-ring (bicyclic) bond motifs is 2. The maximum atomic E-state index is 6.25. The molecule has 0 radical (unpaired) electrons. The molecule has 5 heterocycles. The van der Waals surface area contributed by atoms with Crippen molar-refractivity contribution in [2.24, 2.45) is 0 Å².